The third-order valence-electron chi connectivity index (χ3n) is 2.71. The van der Waals surface area contributed by atoms with Crippen molar-refractivity contribution < 1.29 is 0 Å². The summed E-state index contributed by atoms with van der Waals surface area (Å²) in [6.45, 7) is 2.43. The lowest BCUT2D eigenvalue weighted by Crippen LogP contribution is -2.18. The fourth-order valence-corrected chi connectivity index (χ4v) is 1.81. The standard InChI is InChI=1S/C12H14N2O/c1-8-3-4-11-10(5-8)9(7-13)6-12(15)14(11)2/h3-6H,7,13H2,1-2H3. The van der Waals surface area contributed by atoms with Crippen LogP contribution in [0, 0.1) is 6.92 Å². The summed E-state index contributed by atoms with van der Waals surface area (Å²) >= 11 is 0. The van der Waals surface area contributed by atoms with Crippen LogP contribution >= 0.6 is 0 Å². The molecule has 78 valence electrons. The molecule has 1 heterocycles. The number of pyridine rings is 1. The molecule has 0 aliphatic carbocycles. The summed E-state index contributed by atoms with van der Waals surface area (Å²) in [5.41, 5.74) is 8.66. The highest BCUT2D eigenvalue weighted by Crippen LogP contribution is 2.17. The Morgan fingerprint density at radius 3 is 2.73 bits per heavy atom. The Hall–Kier alpha value is -1.61. The lowest BCUT2D eigenvalue weighted by atomic mass is 10.1. The lowest BCUT2D eigenvalue weighted by molar-refractivity contribution is 0.895. The van der Waals surface area contributed by atoms with Crippen LogP contribution in [0.15, 0.2) is 29.1 Å². The molecular weight excluding hydrogens is 188 g/mol. The Kier molecular flexibility index (Phi) is 2.32. The molecule has 1 aromatic heterocycles. The van der Waals surface area contributed by atoms with Gasteiger partial charge in [-0.3, -0.25) is 4.79 Å². The number of hydrogen-bond donors (Lipinski definition) is 1. The molecule has 2 N–H and O–H groups in total. The summed E-state index contributed by atoms with van der Waals surface area (Å²) < 4.78 is 1.65. The summed E-state index contributed by atoms with van der Waals surface area (Å²) in [5.74, 6) is 0. The van der Waals surface area contributed by atoms with Gasteiger partial charge in [-0.25, -0.2) is 0 Å². The minimum Gasteiger partial charge on any atom is -0.326 e. The zero-order valence-electron chi connectivity index (χ0n) is 8.95. The first-order valence-corrected chi connectivity index (χ1v) is 4.93. The normalized spacial score (nSPS) is 10.9. The van der Waals surface area contributed by atoms with Crippen LogP contribution in [0.25, 0.3) is 10.9 Å². The number of hydrogen-bond acceptors (Lipinski definition) is 2. The molecule has 3 heteroatoms. The van der Waals surface area contributed by atoms with Crippen molar-refractivity contribution in [2.24, 2.45) is 12.8 Å². The highest BCUT2D eigenvalue weighted by Gasteiger charge is 2.04. The van der Waals surface area contributed by atoms with E-state index in [0.717, 1.165) is 16.5 Å². The van der Waals surface area contributed by atoms with E-state index in [1.807, 2.05) is 19.1 Å². The summed E-state index contributed by atoms with van der Waals surface area (Å²) in [6.07, 6.45) is 0. The van der Waals surface area contributed by atoms with Crippen LogP contribution in [0.3, 0.4) is 0 Å². The van der Waals surface area contributed by atoms with Crippen LogP contribution in [0.5, 0.6) is 0 Å². The van der Waals surface area contributed by atoms with Crippen LogP contribution in [0.2, 0.25) is 0 Å². The quantitative estimate of drug-likeness (QED) is 0.757. The van der Waals surface area contributed by atoms with Gasteiger partial charge in [-0.05, 0) is 24.6 Å². The molecule has 3 nitrogen and oxygen atoms in total. The van der Waals surface area contributed by atoms with Gasteiger partial charge in [-0.1, -0.05) is 11.6 Å². The van der Waals surface area contributed by atoms with Gasteiger partial charge in [0.25, 0.3) is 5.56 Å². The van der Waals surface area contributed by atoms with Crippen molar-refractivity contribution in [3.8, 4) is 0 Å². The molecule has 0 saturated heterocycles. The minimum absolute atomic E-state index is 0.00759. The van der Waals surface area contributed by atoms with Gasteiger partial charge in [0.15, 0.2) is 0 Å². The SMILES string of the molecule is Cc1ccc2c(c1)c(CN)cc(=O)n2C. The van der Waals surface area contributed by atoms with E-state index in [4.69, 9.17) is 5.73 Å². The van der Waals surface area contributed by atoms with Gasteiger partial charge in [-0.15, -0.1) is 0 Å². The third kappa shape index (κ3) is 1.55. The highest BCUT2D eigenvalue weighted by atomic mass is 16.1. The van der Waals surface area contributed by atoms with Crippen LogP contribution < -0.4 is 11.3 Å². The first-order valence-electron chi connectivity index (χ1n) is 4.93. The number of rotatable bonds is 1. The number of nitrogens with zero attached hydrogens (tertiary/aromatic N) is 1. The van der Waals surface area contributed by atoms with E-state index < -0.39 is 0 Å². The Bertz CT molecular complexity index is 570. The van der Waals surface area contributed by atoms with E-state index >= 15 is 0 Å². The Morgan fingerprint density at radius 1 is 1.33 bits per heavy atom. The molecular formula is C12H14N2O. The molecule has 2 aromatic rings. The van der Waals surface area contributed by atoms with E-state index in [-0.39, 0.29) is 5.56 Å². The van der Waals surface area contributed by atoms with Gasteiger partial charge in [-0.2, -0.15) is 0 Å². The number of benzene rings is 1. The second-order valence-corrected chi connectivity index (χ2v) is 3.79. The highest BCUT2D eigenvalue weighted by molar-refractivity contribution is 5.83. The zero-order valence-corrected chi connectivity index (χ0v) is 8.95. The largest absolute Gasteiger partial charge is 0.326 e. The third-order valence-corrected chi connectivity index (χ3v) is 2.71. The molecule has 1 aromatic carbocycles. The van der Waals surface area contributed by atoms with E-state index in [2.05, 4.69) is 6.07 Å². The summed E-state index contributed by atoms with van der Waals surface area (Å²) in [5, 5.41) is 1.07. The summed E-state index contributed by atoms with van der Waals surface area (Å²) in [6, 6.07) is 7.64. The first kappa shape index (κ1) is 9.93. The average Bonchev–Trinajstić information content (AvgIpc) is 2.23. The summed E-state index contributed by atoms with van der Waals surface area (Å²) in [4.78, 5) is 11.6. The Balaban J connectivity index is 2.96. The fraction of sp³-hybridized carbons (Fsp3) is 0.250. The molecule has 0 amide bonds. The maximum atomic E-state index is 11.6. The van der Waals surface area contributed by atoms with Crippen LogP contribution in [0.1, 0.15) is 11.1 Å². The second kappa shape index (κ2) is 3.51. The van der Waals surface area contributed by atoms with Crippen molar-refractivity contribution in [2.45, 2.75) is 13.5 Å². The van der Waals surface area contributed by atoms with E-state index in [0.29, 0.717) is 6.54 Å². The second-order valence-electron chi connectivity index (χ2n) is 3.79. The zero-order chi connectivity index (χ0) is 11.0. The number of nitrogens with two attached hydrogens (primary N) is 1. The van der Waals surface area contributed by atoms with Gasteiger partial charge in [0.05, 0.1) is 5.52 Å². The number of aryl methyl sites for hydroxylation is 2. The maximum Gasteiger partial charge on any atom is 0.251 e. The smallest absolute Gasteiger partial charge is 0.251 e. The number of fused-ring (bicyclic) bond motifs is 1. The summed E-state index contributed by atoms with van der Waals surface area (Å²) in [7, 11) is 1.78. The predicted molar refractivity (Wildman–Crippen MR) is 61.8 cm³/mol. The predicted octanol–water partition coefficient (Wildman–Crippen LogP) is 1.31. The van der Waals surface area contributed by atoms with E-state index in [1.165, 1.54) is 5.56 Å². The van der Waals surface area contributed by atoms with Crippen molar-refractivity contribution in [1.29, 1.82) is 0 Å². The molecule has 0 radical (unpaired) electrons. The van der Waals surface area contributed by atoms with Crippen molar-refractivity contribution in [1.82, 2.24) is 4.57 Å². The maximum absolute atomic E-state index is 11.6. The van der Waals surface area contributed by atoms with E-state index in [9.17, 15) is 4.79 Å². The molecule has 0 unspecified atom stereocenters. The van der Waals surface area contributed by atoms with Crippen molar-refractivity contribution >= 4 is 10.9 Å². The van der Waals surface area contributed by atoms with Gasteiger partial charge in [0, 0.05) is 25.0 Å². The van der Waals surface area contributed by atoms with Gasteiger partial charge in [0.1, 0.15) is 0 Å². The molecule has 15 heavy (non-hydrogen) atoms. The first-order chi connectivity index (χ1) is 7.13. The van der Waals surface area contributed by atoms with Crippen molar-refractivity contribution in [2.75, 3.05) is 0 Å². The minimum atomic E-state index is -0.00759. The van der Waals surface area contributed by atoms with E-state index in [1.54, 1.807) is 17.7 Å². The van der Waals surface area contributed by atoms with Gasteiger partial charge in [0.2, 0.25) is 0 Å². The molecule has 0 fully saturated rings. The molecule has 0 bridgehead atoms. The lowest BCUT2D eigenvalue weighted by Gasteiger charge is -2.09. The Morgan fingerprint density at radius 2 is 2.07 bits per heavy atom. The molecule has 2 rings (SSSR count). The Labute approximate surface area is 88.1 Å². The van der Waals surface area contributed by atoms with Crippen molar-refractivity contribution in [3.05, 3.63) is 45.7 Å². The monoisotopic (exact) mass is 202 g/mol. The molecule has 0 spiro atoms. The van der Waals surface area contributed by atoms with Crippen molar-refractivity contribution in [3.63, 3.8) is 0 Å². The van der Waals surface area contributed by atoms with Gasteiger partial charge >= 0.3 is 0 Å². The molecule has 0 aliphatic heterocycles. The molecule has 0 atom stereocenters. The average molecular weight is 202 g/mol. The van der Waals surface area contributed by atoms with Crippen LogP contribution in [-0.2, 0) is 13.6 Å². The van der Waals surface area contributed by atoms with Gasteiger partial charge < -0.3 is 10.3 Å². The van der Waals surface area contributed by atoms with Crippen LogP contribution in [-0.4, -0.2) is 4.57 Å². The number of aromatic nitrogens is 1. The topological polar surface area (TPSA) is 48.0 Å². The molecule has 0 aliphatic rings. The molecule has 0 saturated carbocycles. The fourth-order valence-electron chi connectivity index (χ4n) is 1.81. The van der Waals surface area contributed by atoms with Crippen LogP contribution in [0.4, 0.5) is 0 Å².